The average Bonchev–Trinajstić information content (AvgIpc) is 2.94. The number of aryl methyl sites for hydroxylation is 1. The third kappa shape index (κ3) is 3.74. The van der Waals surface area contributed by atoms with Crippen LogP contribution in [-0.4, -0.2) is 23.8 Å². The lowest BCUT2D eigenvalue weighted by Crippen LogP contribution is -1.96. The lowest BCUT2D eigenvalue weighted by atomic mass is 10.0. The van der Waals surface area contributed by atoms with E-state index in [9.17, 15) is 0 Å². The summed E-state index contributed by atoms with van der Waals surface area (Å²) in [6, 6.07) is 1.66. The monoisotopic (exact) mass is 496 g/mol. The summed E-state index contributed by atoms with van der Waals surface area (Å²) in [6.45, 7) is 5.90. The number of nitrogens with zero attached hydrogens (tertiary/aromatic N) is 2. The van der Waals surface area contributed by atoms with Gasteiger partial charge < -0.3 is 9.47 Å². The van der Waals surface area contributed by atoms with Gasteiger partial charge in [0.1, 0.15) is 11.5 Å². The number of allylic oxidation sites excluding steroid dienone is 2. The zero-order valence-corrected chi connectivity index (χ0v) is 18.0. The number of methoxy groups -OCH3 is 2. The predicted molar refractivity (Wildman–Crippen MR) is 112 cm³/mol. The summed E-state index contributed by atoms with van der Waals surface area (Å²) in [5.41, 5.74) is 3.42. The van der Waals surface area contributed by atoms with Gasteiger partial charge in [-0.3, -0.25) is 0 Å². The molecule has 0 aliphatic heterocycles. The third-order valence-electron chi connectivity index (χ3n) is 3.45. The van der Waals surface area contributed by atoms with E-state index in [1.54, 1.807) is 26.4 Å². The van der Waals surface area contributed by atoms with Crippen LogP contribution in [0.15, 0.2) is 24.9 Å². The molecule has 0 spiro atoms. The van der Waals surface area contributed by atoms with Crippen molar-refractivity contribution in [2.75, 3.05) is 14.2 Å². The van der Waals surface area contributed by atoms with E-state index in [1.165, 1.54) is 0 Å². The molecule has 128 valence electrons. The van der Waals surface area contributed by atoms with Crippen LogP contribution in [0.4, 0.5) is 0 Å². The Morgan fingerprint density at radius 1 is 1.29 bits per heavy atom. The van der Waals surface area contributed by atoms with Crippen LogP contribution >= 0.6 is 51.6 Å². The van der Waals surface area contributed by atoms with Crippen molar-refractivity contribution >= 4 is 63.3 Å². The molecule has 0 saturated heterocycles. The standard InChI is InChI=1S/C16H16Cl2IN2O2P/c1-5-10(6-11-9(2)8-20-21(11)24-19)14-15(17)12(22-3)7-13(23-4)16(14)18/h5-8,24H,1H2,2-4H3/b10-6+. The molecule has 0 saturated carbocycles. The molecular formula is C16H16Cl2IN2O2P. The highest BCUT2D eigenvalue weighted by molar-refractivity contribution is 14.2. The third-order valence-corrected chi connectivity index (χ3v) is 6.09. The Balaban J connectivity index is 2.73. The molecule has 0 aliphatic carbocycles. The van der Waals surface area contributed by atoms with Gasteiger partial charge in [0, 0.05) is 11.6 Å². The highest BCUT2D eigenvalue weighted by Gasteiger charge is 2.19. The van der Waals surface area contributed by atoms with Crippen LogP contribution in [0, 0.1) is 6.92 Å². The van der Waals surface area contributed by atoms with E-state index in [-0.39, 0.29) is 0 Å². The van der Waals surface area contributed by atoms with Crippen molar-refractivity contribution in [1.29, 1.82) is 0 Å². The summed E-state index contributed by atoms with van der Waals surface area (Å²) in [7, 11) is 3.10. The lowest BCUT2D eigenvalue weighted by molar-refractivity contribution is 0.394. The first-order valence-corrected chi connectivity index (χ1v) is 11.7. The Morgan fingerprint density at radius 2 is 1.88 bits per heavy atom. The number of aromatic nitrogens is 2. The zero-order chi connectivity index (χ0) is 17.9. The van der Waals surface area contributed by atoms with E-state index in [0.717, 1.165) is 16.8 Å². The molecule has 24 heavy (non-hydrogen) atoms. The molecule has 0 aliphatic rings. The topological polar surface area (TPSA) is 36.3 Å². The van der Waals surface area contributed by atoms with Gasteiger partial charge in [0.15, 0.2) is 0 Å². The summed E-state index contributed by atoms with van der Waals surface area (Å²) < 4.78 is 12.6. The van der Waals surface area contributed by atoms with Crippen LogP contribution < -0.4 is 9.47 Å². The molecule has 0 radical (unpaired) electrons. The van der Waals surface area contributed by atoms with Crippen LogP contribution in [0.25, 0.3) is 11.6 Å². The summed E-state index contributed by atoms with van der Waals surface area (Å²) >= 11 is 15.3. The van der Waals surface area contributed by atoms with Crippen molar-refractivity contribution in [2.45, 2.75) is 6.92 Å². The van der Waals surface area contributed by atoms with Crippen molar-refractivity contribution < 1.29 is 9.47 Å². The molecule has 1 aromatic heterocycles. The maximum absolute atomic E-state index is 6.49. The summed E-state index contributed by atoms with van der Waals surface area (Å²) in [6.07, 6.45) is 5.98. The molecule has 2 aromatic rings. The molecule has 0 N–H and O–H groups in total. The van der Waals surface area contributed by atoms with E-state index in [1.807, 2.05) is 23.6 Å². The van der Waals surface area contributed by atoms with Gasteiger partial charge in [0.25, 0.3) is 0 Å². The number of hydrogen-bond donors (Lipinski definition) is 0. The van der Waals surface area contributed by atoms with Crippen molar-refractivity contribution in [3.8, 4) is 11.5 Å². The second kappa shape index (κ2) is 8.56. The smallest absolute Gasteiger partial charge is 0.141 e. The van der Waals surface area contributed by atoms with Gasteiger partial charge in [0.2, 0.25) is 0 Å². The summed E-state index contributed by atoms with van der Waals surface area (Å²) in [4.78, 5) is 0. The van der Waals surface area contributed by atoms with Gasteiger partial charge >= 0.3 is 0 Å². The van der Waals surface area contributed by atoms with Crippen LogP contribution in [0.3, 0.4) is 0 Å². The summed E-state index contributed by atoms with van der Waals surface area (Å²) in [5.74, 6) is 0.975. The Morgan fingerprint density at radius 3 is 2.33 bits per heavy atom. The maximum Gasteiger partial charge on any atom is 0.141 e. The number of benzene rings is 1. The van der Waals surface area contributed by atoms with Gasteiger partial charge in [-0.15, -0.1) is 0 Å². The van der Waals surface area contributed by atoms with E-state index >= 15 is 0 Å². The zero-order valence-electron chi connectivity index (χ0n) is 13.4. The first-order chi connectivity index (χ1) is 11.5. The fourth-order valence-corrected chi connectivity index (χ4v) is 4.51. The number of halogens is 3. The van der Waals surface area contributed by atoms with Gasteiger partial charge in [0.05, 0.1) is 42.5 Å². The number of hydrogen-bond acceptors (Lipinski definition) is 3. The van der Waals surface area contributed by atoms with Gasteiger partial charge in [-0.25, -0.2) is 4.45 Å². The van der Waals surface area contributed by atoms with E-state index in [0.29, 0.717) is 33.5 Å². The predicted octanol–water partition coefficient (Wildman–Crippen LogP) is 6.03. The van der Waals surface area contributed by atoms with Crippen molar-refractivity contribution in [1.82, 2.24) is 9.55 Å². The van der Waals surface area contributed by atoms with Crippen LogP contribution in [0.1, 0.15) is 16.8 Å². The molecule has 2 rings (SSSR count). The van der Waals surface area contributed by atoms with Crippen molar-refractivity contribution in [3.05, 3.63) is 51.8 Å². The molecule has 1 atom stereocenters. The molecule has 1 aromatic carbocycles. The normalized spacial score (nSPS) is 12.0. The van der Waals surface area contributed by atoms with Crippen LogP contribution in [0.5, 0.6) is 11.5 Å². The Bertz CT molecular complexity index is 778. The first-order valence-electron chi connectivity index (χ1n) is 6.84. The Hall–Kier alpha value is -0.750. The average molecular weight is 497 g/mol. The minimum atomic E-state index is 0.412. The molecular weight excluding hydrogens is 481 g/mol. The van der Waals surface area contributed by atoms with Gasteiger partial charge in [-0.05, 0) is 46.2 Å². The number of rotatable bonds is 6. The minimum Gasteiger partial charge on any atom is -0.495 e. The molecule has 1 unspecified atom stereocenters. The molecule has 1 heterocycles. The molecule has 4 nitrogen and oxygen atoms in total. The second-order valence-electron chi connectivity index (χ2n) is 4.80. The Kier molecular flexibility index (Phi) is 6.99. The fraction of sp³-hybridized carbons (Fsp3) is 0.188. The molecule has 8 heteroatoms. The van der Waals surface area contributed by atoms with E-state index in [4.69, 9.17) is 32.7 Å². The highest BCUT2D eigenvalue weighted by atomic mass is 127. The number of ether oxygens (including phenoxy) is 2. The van der Waals surface area contributed by atoms with Gasteiger partial charge in [-0.2, -0.15) is 5.10 Å². The molecule has 0 fully saturated rings. The molecule has 0 bridgehead atoms. The summed E-state index contributed by atoms with van der Waals surface area (Å²) in [5, 5.41) is 5.18. The largest absolute Gasteiger partial charge is 0.495 e. The highest BCUT2D eigenvalue weighted by Crippen LogP contribution is 2.44. The van der Waals surface area contributed by atoms with E-state index in [2.05, 4.69) is 33.7 Å². The molecule has 0 amide bonds. The first kappa shape index (κ1) is 19.6. The van der Waals surface area contributed by atoms with Crippen LogP contribution in [0.2, 0.25) is 10.0 Å². The van der Waals surface area contributed by atoms with Crippen molar-refractivity contribution in [3.63, 3.8) is 0 Å². The maximum atomic E-state index is 6.49. The Labute approximate surface area is 166 Å². The quantitative estimate of drug-likeness (QED) is 0.278. The van der Waals surface area contributed by atoms with Gasteiger partial charge in [-0.1, -0.05) is 35.9 Å². The van der Waals surface area contributed by atoms with Crippen LogP contribution in [-0.2, 0) is 0 Å². The lowest BCUT2D eigenvalue weighted by Gasteiger charge is -2.15. The van der Waals surface area contributed by atoms with Crippen molar-refractivity contribution in [2.24, 2.45) is 0 Å². The minimum absolute atomic E-state index is 0.412. The fourth-order valence-electron chi connectivity index (χ4n) is 2.20. The van der Waals surface area contributed by atoms with E-state index < -0.39 is 0 Å². The second-order valence-corrected chi connectivity index (χ2v) is 7.59. The SMILES string of the molecule is C=C/C(=C\c1c(C)cnn1PI)c1c(Cl)c(OC)cc(OC)c1Cl.